The molecule has 3 aromatic carbocycles. The van der Waals surface area contributed by atoms with Crippen LogP contribution in [0.2, 0.25) is 5.02 Å². The Hall–Kier alpha value is -2.84. The monoisotopic (exact) mass is 332 g/mol. The number of halogens is 1. The van der Waals surface area contributed by atoms with Gasteiger partial charge in [0.25, 0.3) is 0 Å². The fourth-order valence-electron chi connectivity index (χ4n) is 2.96. The minimum absolute atomic E-state index is 0.388. The van der Waals surface area contributed by atoms with Crippen LogP contribution in [0, 0.1) is 0 Å². The lowest BCUT2D eigenvalue weighted by Gasteiger charge is -2.13. The average molecular weight is 333 g/mol. The van der Waals surface area contributed by atoms with E-state index in [9.17, 15) is 4.79 Å². The van der Waals surface area contributed by atoms with E-state index < -0.39 is 0 Å². The molecule has 1 heterocycles. The van der Waals surface area contributed by atoms with Crippen molar-refractivity contribution >= 4 is 22.6 Å². The van der Waals surface area contributed by atoms with Crippen LogP contribution < -0.4 is 5.63 Å². The molecule has 0 fully saturated rings. The van der Waals surface area contributed by atoms with E-state index in [0.29, 0.717) is 21.7 Å². The van der Waals surface area contributed by atoms with Gasteiger partial charge in [0.1, 0.15) is 5.58 Å². The van der Waals surface area contributed by atoms with Gasteiger partial charge >= 0.3 is 5.63 Å². The van der Waals surface area contributed by atoms with Crippen LogP contribution in [-0.2, 0) is 0 Å². The second-order valence-corrected chi connectivity index (χ2v) is 5.89. The lowest BCUT2D eigenvalue weighted by atomic mass is 9.93. The van der Waals surface area contributed by atoms with E-state index >= 15 is 0 Å². The minimum Gasteiger partial charge on any atom is -0.422 e. The van der Waals surface area contributed by atoms with Gasteiger partial charge in [-0.15, -0.1) is 0 Å². The van der Waals surface area contributed by atoms with Gasteiger partial charge in [-0.25, -0.2) is 4.79 Å². The zero-order valence-corrected chi connectivity index (χ0v) is 13.5. The molecule has 4 rings (SSSR count). The Morgan fingerprint density at radius 1 is 0.708 bits per heavy atom. The van der Waals surface area contributed by atoms with Gasteiger partial charge in [0.05, 0.1) is 5.56 Å². The molecule has 0 N–H and O–H groups in total. The maximum atomic E-state index is 12.8. The van der Waals surface area contributed by atoms with Crippen LogP contribution >= 0.6 is 11.6 Å². The van der Waals surface area contributed by atoms with E-state index in [2.05, 4.69) is 0 Å². The Morgan fingerprint density at radius 2 is 1.38 bits per heavy atom. The Bertz CT molecular complexity index is 1080. The number of hydrogen-bond donors (Lipinski definition) is 0. The molecule has 2 nitrogen and oxygen atoms in total. The van der Waals surface area contributed by atoms with Crippen molar-refractivity contribution in [1.82, 2.24) is 0 Å². The Labute approximate surface area is 143 Å². The van der Waals surface area contributed by atoms with Crippen molar-refractivity contribution in [2.75, 3.05) is 0 Å². The Balaban J connectivity index is 2.20. The topological polar surface area (TPSA) is 30.2 Å². The first-order chi connectivity index (χ1) is 11.8. The third-order valence-electron chi connectivity index (χ3n) is 4.02. The van der Waals surface area contributed by atoms with Crippen molar-refractivity contribution in [2.45, 2.75) is 0 Å². The minimum atomic E-state index is -0.388. The summed E-state index contributed by atoms with van der Waals surface area (Å²) in [7, 11) is 0. The van der Waals surface area contributed by atoms with Gasteiger partial charge in [0.15, 0.2) is 0 Å². The molecule has 1 aromatic heterocycles. The maximum Gasteiger partial charge on any atom is 0.344 e. The molecule has 116 valence electrons. The molecule has 24 heavy (non-hydrogen) atoms. The zero-order valence-electron chi connectivity index (χ0n) is 12.7. The van der Waals surface area contributed by atoms with Gasteiger partial charge in [0.2, 0.25) is 0 Å². The molecule has 0 spiro atoms. The zero-order chi connectivity index (χ0) is 16.5. The normalized spacial score (nSPS) is 10.9. The highest BCUT2D eigenvalue weighted by Gasteiger charge is 2.19. The average Bonchev–Trinajstić information content (AvgIpc) is 2.62. The van der Waals surface area contributed by atoms with E-state index in [-0.39, 0.29) is 5.63 Å². The van der Waals surface area contributed by atoms with Crippen molar-refractivity contribution in [1.29, 1.82) is 0 Å². The van der Waals surface area contributed by atoms with Crippen LogP contribution in [0.3, 0.4) is 0 Å². The first kappa shape index (κ1) is 14.7. The molecule has 0 radical (unpaired) electrons. The third kappa shape index (κ3) is 2.41. The molecule has 0 aliphatic heterocycles. The van der Waals surface area contributed by atoms with Crippen molar-refractivity contribution in [3.63, 3.8) is 0 Å². The van der Waals surface area contributed by atoms with Crippen molar-refractivity contribution in [3.8, 4) is 22.3 Å². The number of fused-ring (bicyclic) bond motifs is 1. The summed E-state index contributed by atoms with van der Waals surface area (Å²) in [6, 6.07) is 24.7. The van der Waals surface area contributed by atoms with Gasteiger partial charge in [-0.05, 0) is 17.7 Å². The van der Waals surface area contributed by atoms with Gasteiger partial charge < -0.3 is 4.42 Å². The molecule has 0 unspecified atom stereocenters. The molecule has 4 aromatic rings. The van der Waals surface area contributed by atoms with Gasteiger partial charge in [-0.1, -0.05) is 78.3 Å². The molecule has 0 amide bonds. The highest BCUT2D eigenvalue weighted by Crippen LogP contribution is 2.38. The summed E-state index contributed by atoms with van der Waals surface area (Å²) < 4.78 is 5.55. The summed E-state index contributed by atoms with van der Waals surface area (Å²) in [4.78, 5) is 12.8. The molecular weight excluding hydrogens is 320 g/mol. The third-order valence-corrected chi connectivity index (χ3v) is 4.35. The van der Waals surface area contributed by atoms with E-state index in [1.807, 2.05) is 66.7 Å². The van der Waals surface area contributed by atoms with Crippen LogP contribution in [0.15, 0.2) is 88.1 Å². The van der Waals surface area contributed by atoms with Gasteiger partial charge in [0, 0.05) is 21.5 Å². The number of hydrogen-bond acceptors (Lipinski definition) is 2. The van der Waals surface area contributed by atoms with Gasteiger partial charge in [-0.3, -0.25) is 0 Å². The lowest BCUT2D eigenvalue weighted by molar-refractivity contribution is 0.564. The van der Waals surface area contributed by atoms with E-state index in [1.54, 1.807) is 12.1 Å². The van der Waals surface area contributed by atoms with Crippen molar-refractivity contribution in [2.24, 2.45) is 0 Å². The quantitative estimate of drug-likeness (QED) is 0.435. The molecule has 3 heteroatoms. The van der Waals surface area contributed by atoms with Crippen LogP contribution in [0.1, 0.15) is 0 Å². The predicted octanol–water partition coefficient (Wildman–Crippen LogP) is 5.78. The van der Waals surface area contributed by atoms with Crippen LogP contribution in [0.25, 0.3) is 33.2 Å². The van der Waals surface area contributed by atoms with E-state index in [1.165, 1.54) is 0 Å². The summed E-state index contributed by atoms with van der Waals surface area (Å²) in [5.41, 5.74) is 3.15. The SMILES string of the molecule is O=c1oc2ccccc2c(-c2ccccc2)c1-c1ccccc1Cl. The van der Waals surface area contributed by atoms with E-state index in [0.717, 1.165) is 16.5 Å². The largest absolute Gasteiger partial charge is 0.422 e. The molecule has 0 atom stereocenters. The molecule has 0 aliphatic carbocycles. The van der Waals surface area contributed by atoms with Crippen LogP contribution in [-0.4, -0.2) is 0 Å². The summed E-state index contributed by atoms with van der Waals surface area (Å²) >= 11 is 6.36. The van der Waals surface area contributed by atoms with Gasteiger partial charge in [-0.2, -0.15) is 0 Å². The summed E-state index contributed by atoms with van der Waals surface area (Å²) in [6.07, 6.45) is 0. The smallest absolute Gasteiger partial charge is 0.344 e. The first-order valence-corrected chi connectivity index (χ1v) is 7.99. The summed E-state index contributed by atoms with van der Waals surface area (Å²) in [5, 5.41) is 1.41. The molecule has 0 aliphatic rings. The highest BCUT2D eigenvalue weighted by molar-refractivity contribution is 6.33. The van der Waals surface area contributed by atoms with Crippen molar-refractivity contribution in [3.05, 3.63) is 94.3 Å². The predicted molar refractivity (Wildman–Crippen MR) is 98.4 cm³/mol. The first-order valence-electron chi connectivity index (χ1n) is 7.62. The summed E-state index contributed by atoms with van der Waals surface area (Å²) in [5.74, 6) is 0. The summed E-state index contributed by atoms with van der Waals surface area (Å²) in [6.45, 7) is 0. The molecule has 0 saturated heterocycles. The number of rotatable bonds is 2. The second-order valence-electron chi connectivity index (χ2n) is 5.48. The molecule has 0 bridgehead atoms. The molecule has 0 saturated carbocycles. The maximum absolute atomic E-state index is 12.8. The second kappa shape index (κ2) is 5.99. The van der Waals surface area contributed by atoms with Crippen molar-refractivity contribution < 1.29 is 4.42 Å². The highest BCUT2D eigenvalue weighted by atomic mass is 35.5. The Kier molecular flexibility index (Phi) is 3.68. The number of benzene rings is 3. The fraction of sp³-hybridized carbons (Fsp3) is 0. The van der Waals surface area contributed by atoms with E-state index in [4.69, 9.17) is 16.0 Å². The molecular formula is C21H13ClO2. The standard InChI is InChI=1S/C21H13ClO2/c22-17-12-6-4-10-15(17)20-19(14-8-2-1-3-9-14)16-11-5-7-13-18(16)24-21(20)23/h1-13H. The number of para-hydroxylation sites is 1. The fourth-order valence-corrected chi connectivity index (χ4v) is 3.19. The Morgan fingerprint density at radius 3 is 2.17 bits per heavy atom. The van der Waals surface area contributed by atoms with Crippen LogP contribution in [0.4, 0.5) is 0 Å². The van der Waals surface area contributed by atoms with Crippen LogP contribution in [0.5, 0.6) is 0 Å². The lowest BCUT2D eigenvalue weighted by Crippen LogP contribution is -2.06.